The smallest absolute Gasteiger partial charge is 0.255 e. The van der Waals surface area contributed by atoms with Crippen LogP contribution in [0.3, 0.4) is 0 Å². The number of ketones is 2. The highest BCUT2D eigenvalue weighted by Gasteiger charge is 2.62. The van der Waals surface area contributed by atoms with E-state index in [1.54, 1.807) is 56.3 Å². The first-order valence-corrected chi connectivity index (χ1v) is 16.2. The molecule has 10 heteroatoms. The summed E-state index contributed by atoms with van der Waals surface area (Å²) in [6, 6.07) is 9.24. The summed E-state index contributed by atoms with van der Waals surface area (Å²) in [7, 11) is 3.44. The van der Waals surface area contributed by atoms with E-state index in [0.717, 1.165) is 0 Å². The molecule has 0 radical (unpaired) electrons. The molecule has 0 aromatic heterocycles. The van der Waals surface area contributed by atoms with Crippen molar-refractivity contribution >= 4 is 17.5 Å². The minimum Gasteiger partial charge on any atom is -0.510 e. The van der Waals surface area contributed by atoms with Gasteiger partial charge in [0.25, 0.3) is 5.91 Å². The molecular formula is C37H46FN3O6. The summed E-state index contributed by atoms with van der Waals surface area (Å²) in [5, 5.41) is 22.6. The Labute approximate surface area is 275 Å². The van der Waals surface area contributed by atoms with Gasteiger partial charge in [-0.1, -0.05) is 45.9 Å². The number of phenolic OH excluding ortho intramolecular Hbond substituents is 1. The number of ether oxygens (including phenoxy) is 1. The Hall–Kier alpha value is -4.02. The number of halogens is 1. The third-order valence-corrected chi connectivity index (χ3v) is 10.7. The number of carbonyl (C=O) groups excluding carboxylic acids is 3. The number of allylic oxidation sites excluding steroid dienone is 2. The second kappa shape index (κ2) is 12.2. The number of para-hydroxylation sites is 1. The number of hydrogen-bond donors (Lipinski definition) is 3. The normalized spacial score (nSPS) is 25.1. The summed E-state index contributed by atoms with van der Waals surface area (Å²) in [5.41, 5.74) is 3.86. The van der Waals surface area contributed by atoms with E-state index in [1.807, 2.05) is 6.92 Å². The molecule has 2 aromatic rings. The fourth-order valence-corrected chi connectivity index (χ4v) is 7.80. The predicted octanol–water partition coefficient (Wildman–Crippen LogP) is 5.31. The molecule has 5 atom stereocenters. The standard InChI is InChI=1S/C37H46FN3O6/c1-9-41(19(2)36(3,4)5)18-21-17-25(42)27-23(29(21)38)15-20-16-24-30(40(7)8)32(44)28(35(39)46)33(45)37(24,6)34(26(20)31(27)43)47-22-13-11-10-12-14-22/h10-14,17,19-20,24,30,42,44H,9,15-16,18H2,1-8H3,(H2,39,46)/t19-,20+,24+,30+,37+/m1/s1. The number of aliphatic hydroxyl groups excluding tert-OH is 1. The summed E-state index contributed by atoms with van der Waals surface area (Å²) >= 11 is 0. The van der Waals surface area contributed by atoms with Crippen molar-refractivity contribution in [3.05, 3.63) is 81.6 Å². The van der Waals surface area contributed by atoms with E-state index < -0.39 is 57.9 Å². The van der Waals surface area contributed by atoms with E-state index in [1.165, 1.54) is 6.07 Å². The van der Waals surface area contributed by atoms with E-state index in [0.29, 0.717) is 17.9 Å². The lowest BCUT2D eigenvalue weighted by atomic mass is 9.54. The summed E-state index contributed by atoms with van der Waals surface area (Å²) < 4.78 is 23.0. The molecule has 1 amide bonds. The van der Waals surface area contributed by atoms with Crippen molar-refractivity contribution in [2.45, 2.75) is 73.0 Å². The average molecular weight is 648 g/mol. The van der Waals surface area contributed by atoms with Gasteiger partial charge in [-0.15, -0.1) is 0 Å². The van der Waals surface area contributed by atoms with E-state index in [9.17, 15) is 24.6 Å². The fourth-order valence-electron chi connectivity index (χ4n) is 7.80. The molecule has 252 valence electrons. The van der Waals surface area contributed by atoms with Crippen LogP contribution in [-0.4, -0.2) is 70.2 Å². The lowest BCUT2D eigenvalue weighted by Crippen LogP contribution is -2.59. The maximum atomic E-state index is 16.5. The van der Waals surface area contributed by atoms with Crippen LogP contribution in [0.2, 0.25) is 0 Å². The van der Waals surface area contributed by atoms with E-state index in [2.05, 4.69) is 32.6 Å². The monoisotopic (exact) mass is 647 g/mol. The number of aromatic hydroxyl groups is 1. The van der Waals surface area contributed by atoms with E-state index in [4.69, 9.17) is 10.5 Å². The van der Waals surface area contributed by atoms with Crippen LogP contribution in [0.1, 0.15) is 69.4 Å². The Kier molecular flexibility index (Phi) is 8.92. The number of hydrogen-bond acceptors (Lipinski definition) is 8. The second-order valence-corrected chi connectivity index (χ2v) is 14.6. The van der Waals surface area contributed by atoms with Gasteiger partial charge in [0.2, 0.25) is 0 Å². The Bertz CT molecular complexity index is 1690. The molecule has 0 spiro atoms. The predicted molar refractivity (Wildman–Crippen MR) is 176 cm³/mol. The van der Waals surface area contributed by atoms with Crippen molar-refractivity contribution in [3.63, 3.8) is 0 Å². The number of phenols is 1. The molecular weight excluding hydrogens is 601 g/mol. The maximum Gasteiger partial charge on any atom is 0.255 e. The molecule has 5 rings (SSSR count). The first-order valence-electron chi connectivity index (χ1n) is 16.2. The number of benzene rings is 2. The zero-order chi connectivity index (χ0) is 34.7. The minimum absolute atomic E-state index is 0.0174. The van der Waals surface area contributed by atoms with Crippen LogP contribution >= 0.6 is 0 Å². The van der Waals surface area contributed by atoms with Gasteiger partial charge in [0, 0.05) is 35.2 Å². The van der Waals surface area contributed by atoms with E-state index in [-0.39, 0.29) is 59.1 Å². The highest BCUT2D eigenvalue weighted by Crippen LogP contribution is 2.57. The SMILES string of the molecule is CCN(Cc1cc(O)c2c(c1F)C[C@H]1C[C@H]3[C@H](N(C)C)C(O)=C(C(N)=O)C(=O)[C@@]3(C)C(Oc3ccccc3)=C1C2=O)[C@H](C)C(C)(C)C. The number of likely N-dealkylation sites (N-methyl/N-ethyl adjacent to an activating group) is 1. The van der Waals surface area contributed by atoms with Crippen molar-refractivity contribution in [3.8, 4) is 11.5 Å². The number of aliphatic hydroxyl groups is 1. The first kappa shape index (κ1) is 34.3. The Balaban J connectivity index is 1.72. The molecule has 0 unspecified atom stereocenters. The number of amides is 1. The van der Waals surface area contributed by atoms with Crippen LogP contribution in [0.15, 0.2) is 59.1 Å². The van der Waals surface area contributed by atoms with Gasteiger partial charge in [0.1, 0.15) is 34.4 Å². The number of rotatable bonds is 8. The highest BCUT2D eigenvalue weighted by atomic mass is 19.1. The summed E-state index contributed by atoms with van der Waals surface area (Å²) in [6.45, 7) is 13.0. The quantitative estimate of drug-likeness (QED) is 0.329. The third kappa shape index (κ3) is 5.55. The summed E-state index contributed by atoms with van der Waals surface area (Å²) in [4.78, 5) is 45.2. The number of nitrogens with two attached hydrogens (primary N) is 1. The number of Topliss-reactive ketones (excluding diaryl/α,β-unsaturated/α-hetero) is 2. The van der Waals surface area contributed by atoms with Crippen molar-refractivity contribution in [1.29, 1.82) is 0 Å². The molecule has 9 nitrogen and oxygen atoms in total. The molecule has 0 heterocycles. The molecule has 0 bridgehead atoms. The summed E-state index contributed by atoms with van der Waals surface area (Å²) in [5.74, 6) is -4.68. The van der Waals surface area contributed by atoms with Gasteiger partial charge in [-0.2, -0.15) is 0 Å². The zero-order valence-corrected chi connectivity index (χ0v) is 28.5. The number of nitrogens with zero attached hydrogens (tertiary/aromatic N) is 2. The van der Waals surface area contributed by atoms with Gasteiger partial charge in [-0.05, 0) is 76.9 Å². The molecule has 0 saturated carbocycles. The molecule has 3 aliphatic rings. The van der Waals surface area contributed by atoms with Crippen LogP contribution in [0.25, 0.3) is 0 Å². The second-order valence-electron chi connectivity index (χ2n) is 14.6. The molecule has 0 saturated heterocycles. The first-order chi connectivity index (χ1) is 21.9. The molecule has 3 aliphatic carbocycles. The third-order valence-electron chi connectivity index (χ3n) is 10.7. The van der Waals surface area contributed by atoms with E-state index >= 15 is 4.39 Å². The minimum atomic E-state index is -1.60. The van der Waals surface area contributed by atoms with Crippen LogP contribution in [0.5, 0.6) is 11.5 Å². The van der Waals surface area contributed by atoms with Crippen LogP contribution in [0.4, 0.5) is 4.39 Å². The lowest BCUT2D eigenvalue weighted by molar-refractivity contribution is -0.133. The Morgan fingerprint density at radius 2 is 1.81 bits per heavy atom. The zero-order valence-electron chi connectivity index (χ0n) is 28.5. The molecule has 0 aliphatic heterocycles. The average Bonchev–Trinajstić information content (AvgIpc) is 2.99. The Morgan fingerprint density at radius 1 is 1.17 bits per heavy atom. The van der Waals surface area contributed by atoms with Crippen LogP contribution in [0, 0.1) is 28.5 Å². The van der Waals surface area contributed by atoms with Gasteiger partial charge in [0.05, 0.1) is 17.0 Å². The molecule has 2 aromatic carbocycles. The van der Waals surface area contributed by atoms with Crippen LogP contribution < -0.4 is 10.5 Å². The number of primary amides is 1. The molecule has 0 fully saturated rings. The molecule has 4 N–H and O–H groups in total. The van der Waals surface area contributed by atoms with Crippen molar-refractivity contribution in [2.24, 2.45) is 28.4 Å². The van der Waals surface area contributed by atoms with Gasteiger partial charge < -0.3 is 20.7 Å². The topological polar surface area (TPSA) is 133 Å². The largest absolute Gasteiger partial charge is 0.510 e. The van der Waals surface area contributed by atoms with Crippen molar-refractivity contribution in [2.75, 3.05) is 20.6 Å². The number of carbonyl (C=O) groups is 3. The van der Waals surface area contributed by atoms with Crippen LogP contribution in [-0.2, 0) is 22.6 Å². The number of fused-ring (bicyclic) bond motifs is 3. The van der Waals surface area contributed by atoms with Crippen molar-refractivity contribution in [1.82, 2.24) is 9.80 Å². The van der Waals surface area contributed by atoms with Gasteiger partial charge in [-0.3, -0.25) is 24.2 Å². The molecule has 47 heavy (non-hydrogen) atoms. The highest BCUT2D eigenvalue weighted by molar-refractivity contribution is 6.23. The van der Waals surface area contributed by atoms with Crippen molar-refractivity contribution < 1.29 is 33.7 Å². The maximum absolute atomic E-state index is 16.5. The fraction of sp³-hybridized carbons (Fsp3) is 0.486. The Morgan fingerprint density at radius 3 is 2.36 bits per heavy atom. The van der Waals surface area contributed by atoms with Gasteiger partial charge >= 0.3 is 0 Å². The lowest BCUT2D eigenvalue weighted by Gasteiger charge is -2.52. The summed E-state index contributed by atoms with van der Waals surface area (Å²) in [6.07, 6.45) is 0.274. The van der Waals surface area contributed by atoms with Gasteiger partial charge in [0.15, 0.2) is 11.6 Å². The van der Waals surface area contributed by atoms with Gasteiger partial charge in [-0.25, -0.2) is 4.39 Å².